The number of carbonyl (C=O) groups is 1. The molecule has 24 heavy (non-hydrogen) atoms. The first-order valence-electron chi connectivity index (χ1n) is 7.11. The van der Waals surface area contributed by atoms with E-state index >= 15 is 0 Å². The molecule has 3 rings (SSSR count). The number of H-pyrrole nitrogens is 2. The van der Waals surface area contributed by atoms with Crippen molar-refractivity contribution in [3.63, 3.8) is 0 Å². The molecule has 8 heteroatoms. The topological polar surface area (TPSA) is 104 Å². The molecule has 0 saturated carbocycles. The SMILES string of the molecule is COC(=O)C1=C(C)Nc2[nH]c(=O)[nH]c(=O)c2[C@@H]1c1ccccc1F. The molecule has 124 valence electrons. The zero-order chi connectivity index (χ0) is 17.4. The monoisotopic (exact) mass is 331 g/mol. The normalized spacial score (nSPS) is 16.4. The third kappa shape index (κ3) is 2.41. The summed E-state index contributed by atoms with van der Waals surface area (Å²) in [5.41, 5.74) is -0.754. The third-order valence-corrected chi connectivity index (χ3v) is 3.89. The summed E-state index contributed by atoms with van der Waals surface area (Å²) in [5, 5.41) is 2.81. The van der Waals surface area contributed by atoms with E-state index in [1.54, 1.807) is 13.0 Å². The van der Waals surface area contributed by atoms with E-state index in [2.05, 4.69) is 15.3 Å². The van der Waals surface area contributed by atoms with Gasteiger partial charge in [0.05, 0.1) is 24.2 Å². The van der Waals surface area contributed by atoms with Crippen LogP contribution < -0.4 is 16.6 Å². The van der Waals surface area contributed by atoms with Crippen molar-refractivity contribution in [1.29, 1.82) is 0 Å². The van der Waals surface area contributed by atoms with Gasteiger partial charge in [0.15, 0.2) is 0 Å². The number of aromatic nitrogens is 2. The number of methoxy groups -OCH3 is 1. The number of esters is 1. The Balaban J connectivity index is 2.37. The maximum Gasteiger partial charge on any atom is 0.336 e. The van der Waals surface area contributed by atoms with Gasteiger partial charge < -0.3 is 10.1 Å². The van der Waals surface area contributed by atoms with Crippen LogP contribution in [-0.4, -0.2) is 23.0 Å². The highest BCUT2D eigenvalue weighted by Gasteiger charge is 2.36. The number of carbonyl (C=O) groups excluding carboxylic acids is 1. The molecule has 1 aromatic heterocycles. The number of anilines is 1. The first-order chi connectivity index (χ1) is 11.4. The number of benzene rings is 1. The van der Waals surface area contributed by atoms with Crippen LogP contribution in [0.2, 0.25) is 0 Å². The summed E-state index contributed by atoms with van der Waals surface area (Å²) in [6.45, 7) is 1.59. The Kier molecular flexibility index (Phi) is 3.80. The molecule has 0 spiro atoms. The maximum atomic E-state index is 14.4. The van der Waals surface area contributed by atoms with Crippen molar-refractivity contribution < 1.29 is 13.9 Å². The number of hydrogen-bond donors (Lipinski definition) is 3. The molecule has 0 radical (unpaired) electrons. The van der Waals surface area contributed by atoms with Crippen molar-refractivity contribution in [2.75, 3.05) is 12.4 Å². The molecule has 0 aliphatic carbocycles. The molecule has 1 aliphatic rings. The van der Waals surface area contributed by atoms with E-state index in [0.29, 0.717) is 5.70 Å². The fourth-order valence-corrected chi connectivity index (χ4v) is 2.89. The lowest BCUT2D eigenvalue weighted by Crippen LogP contribution is -2.35. The van der Waals surface area contributed by atoms with Gasteiger partial charge in [-0.3, -0.25) is 14.8 Å². The van der Waals surface area contributed by atoms with Gasteiger partial charge in [-0.05, 0) is 13.0 Å². The van der Waals surface area contributed by atoms with Gasteiger partial charge in [-0.15, -0.1) is 0 Å². The van der Waals surface area contributed by atoms with Crippen molar-refractivity contribution in [2.24, 2.45) is 0 Å². The van der Waals surface area contributed by atoms with Crippen LogP contribution in [0.1, 0.15) is 24.0 Å². The minimum atomic E-state index is -1.00. The van der Waals surface area contributed by atoms with Crippen molar-refractivity contribution in [2.45, 2.75) is 12.8 Å². The van der Waals surface area contributed by atoms with Gasteiger partial charge in [-0.2, -0.15) is 0 Å². The summed E-state index contributed by atoms with van der Waals surface area (Å²) in [6.07, 6.45) is 0. The predicted molar refractivity (Wildman–Crippen MR) is 84.3 cm³/mol. The van der Waals surface area contributed by atoms with Crippen LogP contribution in [0, 0.1) is 5.82 Å². The fourth-order valence-electron chi connectivity index (χ4n) is 2.89. The highest BCUT2D eigenvalue weighted by Crippen LogP contribution is 2.39. The van der Waals surface area contributed by atoms with E-state index in [1.807, 2.05) is 0 Å². The largest absolute Gasteiger partial charge is 0.466 e. The Hall–Kier alpha value is -3.16. The van der Waals surface area contributed by atoms with E-state index in [0.717, 1.165) is 0 Å². The van der Waals surface area contributed by atoms with Crippen LogP contribution in [-0.2, 0) is 9.53 Å². The van der Waals surface area contributed by atoms with Crippen LogP contribution in [0.3, 0.4) is 0 Å². The van der Waals surface area contributed by atoms with Crippen molar-refractivity contribution in [1.82, 2.24) is 9.97 Å². The Morgan fingerprint density at radius 2 is 1.92 bits per heavy atom. The van der Waals surface area contributed by atoms with Gasteiger partial charge in [0.25, 0.3) is 5.56 Å². The molecule has 0 saturated heterocycles. The molecule has 7 nitrogen and oxygen atoms in total. The number of rotatable bonds is 2. The van der Waals surface area contributed by atoms with Crippen LogP contribution in [0.15, 0.2) is 45.1 Å². The first kappa shape index (κ1) is 15.7. The molecule has 0 fully saturated rings. The zero-order valence-corrected chi connectivity index (χ0v) is 12.9. The van der Waals surface area contributed by atoms with Crippen molar-refractivity contribution in [3.8, 4) is 0 Å². The molecule has 0 bridgehead atoms. The second kappa shape index (κ2) is 5.80. The number of allylic oxidation sites excluding steroid dienone is 1. The van der Waals surface area contributed by atoms with Crippen LogP contribution in [0.5, 0.6) is 0 Å². The molecule has 0 unspecified atom stereocenters. The fraction of sp³-hybridized carbons (Fsp3) is 0.188. The lowest BCUT2D eigenvalue weighted by molar-refractivity contribution is -0.136. The Bertz CT molecular complexity index is 974. The van der Waals surface area contributed by atoms with Gasteiger partial charge in [0, 0.05) is 11.3 Å². The maximum absolute atomic E-state index is 14.4. The number of nitrogens with one attached hydrogen (secondary N) is 3. The van der Waals surface area contributed by atoms with Gasteiger partial charge in [0.2, 0.25) is 0 Å². The second-order valence-electron chi connectivity index (χ2n) is 5.31. The lowest BCUT2D eigenvalue weighted by atomic mass is 9.82. The van der Waals surface area contributed by atoms with E-state index in [-0.39, 0.29) is 22.5 Å². The molecular formula is C16H14FN3O4. The molecule has 1 atom stereocenters. The summed E-state index contributed by atoms with van der Waals surface area (Å²) < 4.78 is 19.2. The van der Waals surface area contributed by atoms with Gasteiger partial charge in [-0.25, -0.2) is 14.0 Å². The molecule has 0 amide bonds. The standard InChI is InChI=1S/C16H14FN3O4/c1-7-10(15(22)24-2)11(8-5-3-4-6-9(8)17)12-13(18-7)19-16(23)20-14(12)21/h3-6,11H,1-2H3,(H3,18,19,20,21,23)/t11-/m1/s1. The predicted octanol–water partition coefficient (Wildman–Crippen LogP) is 1.21. The summed E-state index contributed by atoms with van der Waals surface area (Å²) in [5.74, 6) is -2.14. The van der Waals surface area contributed by atoms with E-state index in [4.69, 9.17) is 4.74 Å². The molecule has 2 aromatic rings. The van der Waals surface area contributed by atoms with E-state index in [1.165, 1.54) is 25.3 Å². The first-order valence-corrected chi connectivity index (χ1v) is 7.11. The van der Waals surface area contributed by atoms with Crippen LogP contribution in [0.4, 0.5) is 10.2 Å². The molecule has 1 aliphatic heterocycles. The van der Waals surface area contributed by atoms with Crippen LogP contribution in [0.25, 0.3) is 0 Å². The number of halogens is 1. The summed E-state index contributed by atoms with van der Waals surface area (Å²) in [6, 6.07) is 5.83. The number of fused-ring (bicyclic) bond motifs is 1. The smallest absolute Gasteiger partial charge is 0.336 e. The minimum absolute atomic E-state index is 0.0469. The zero-order valence-electron chi connectivity index (χ0n) is 12.9. The van der Waals surface area contributed by atoms with Gasteiger partial charge in [0.1, 0.15) is 11.6 Å². The Morgan fingerprint density at radius 3 is 2.58 bits per heavy atom. The summed E-state index contributed by atoms with van der Waals surface area (Å²) >= 11 is 0. The Labute approximate surface area is 135 Å². The average molecular weight is 331 g/mol. The number of ether oxygens (including phenoxy) is 1. The number of aromatic amines is 2. The average Bonchev–Trinajstić information content (AvgIpc) is 2.53. The van der Waals surface area contributed by atoms with Gasteiger partial charge >= 0.3 is 11.7 Å². The quantitative estimate of drug-likeness (QED) is 0.718. The van der Waals surface area contributed by atoms with Crippen molar-refractivity contribution in [3.05, 3.63) is 73.3 Å². The second-order valence-corrected chi connectivity index (χ2v) is 5.31. The highest BCUT2D eigenvalue weighted by molar-refractivity contribution is 5.94. The molecule has 1 aromatic carbocycles. The Morgan fingerprint density at radius 1 is 1.21 bits per heavy atom. The minimum Gasteiger partial charge on any atom is -0.466 e. The molecular weight excluding hydrogens is 317 g/mol. The molecule has 3 N–H and O–H groups in total. The lowest BCUT2D eigenvalue weighted by Gasteiger charge is -2.28. The third-order valence-electron chi connectivity index (χ3n) is 3.89. The molecule has 2 heterocycles. The highest BCUT2D eigenvalue weighted by atomic mass is 19.1. The number of hydrogen-bond acceptors (Lipinski definition) is 5. The van der Waals surface area contributed by atoms with Crippen LogP contribution >= 0.6 is 0 Å². The van der Waals surface area contributed by atoms with E-state index in [9.17, 15) is 18.8 Å². The van der Waals surface area contributed by atoms with Gasteiger partial charge in [-0.1, -0.05) is 18.2 Å². The summed E-state index contributed by atoms with van der Waals surface area (Å²) in [4.78, 5) is 40.7. The summed E-state index contributed by atoms with van der Waals surface area (Å²) in [7, 11) is 1.20. The van der Waals surface area contributed by atoms with E-state index < -0.39 is 29.0 Å². The van der Waals surface area contributed by atoms with Crippen molar-refractivity contribution >= 4 is 11.8 Å².